The van der Waals surface area contributed by atoms with Crippen molar-refractivity contribution < 1.29 is 22.7 Å². The van der Waals surface area contributed by atoms with Crippen molar-refractivity contribution in [1.82, 2.24) is 4.90 Å². The number of rotatable bonds is 4. The topological polar surface area (TPSA) is 29.5 Å². The van der Waals surface area contributed by atoms with Gasteiger partial charge in [-0.3, -0.25) is 4.79 Å². The van der Waals surface area contributed by atoms with E-state index in [2.05, 4.69) is 0 Å². The predicted octanol–water partition coefficient (Wildman–Crippen LogP) is 2.19. The average molecular weight is 274 g/mol. The van der Waals surface area contributed by atoms with E-state index in [9.17, 15) is 18.0 Å². The van der Waals surface area contributed by atoms with Crippen LogP contribution in [0, 0.1) is 0 Å². The second kappa shape index (κ2) is 5.44. The number of ether oxygens (including phenoxy) is 1. The zero-order valence-corrected chi connectivity index (χ0v) is 10.3. The summed E-state index contributed by atoms with van der Waals surface area (Å²) in [6.45, 7) is 1.11. The lowest BCUT2D eigenvalue weighted by atomic mass is 10.0. The van der Waals surface area contributed by atoms with E-state index in [0.717, 1.165) is 0 Å². The van der Waals surface area contributed by atoms with Gasteiger partial charge < -0.3 is 9.64 Å². The van der Waals surface area contributed by atoms with Gasteiger partial charge in [0, 0.05) is 31.9 Å². The highest BCUT2D eigenvalue weighted by atomic mass is 35.5. The maximum Gasteiger partial charge on any atom is 0.419 e. The number of carbonyl (C=O) groups is 1. The molecule has 100 valence electrons. The van der Waals surface area contributed by atoms with Crippen LogP contribution in [0.3, 0.4) is 0 Å². The van der Waals surface area contributed by atoms with Crippen molar-refractivity contribution in [3.8, 4) is 0 Å². The molecule has 0 bridgehead atoms. The summed E-state index contributed by atoms with van der Waals surface area (Å²) >= 11 is 5.40. The van der Waals surface area contributed by atoms with Gasteiger partial charge in [0.15, 0.2) is 5.60 Å². The lowest BCUT2D eigenvalue weighted by Crippen LogP contribution is -2.50. The fourth-order valence-corrected chi connectivity index (χ4v) is 2.10. The molecule has 0 spiro atoms. The Balaban J connectivity index is 2.75. The van der Waals surface area contributed by atoms with Crippen LogP contribution in [-0.2, 0) is 9.53 Å². The molecule has 0 aliphatic carbocycles. The van der Waals surface area contributed by atoms with Gasteiger partial charge in [0.1, 0.15) is 0 Å². The Morgan fingerprint density at radius 3 is 2.65 bits per heavy atom. The SMILES string of the molecule is CCO[C@@]1(C(F)(F)F)CCN(C(=O)CCCl)C1. The van der Waals surface area contributed by atoms with Gasteiger partial charge in [0.05, 0.1) is 6.54 Å². The van der Waals surface area contributed by atoms with E-state index in [4.69, 9.17) is 16.3 Å². The summed E-state index contributed by atoms with van der Waals surface area (Å²) in [5, 5.41) is 0. The minimum absolute atomic E-state index is 0.0307. The van der Waals surface area contributed by atoms with E-state index < -0.39 is 18.3 Å². The molecule has 1 rings (SSSR count). The van der Waals surface area contributed by atoms with Crippen molar-refractivity contribution in [2.24, 2.45) is 0 Å². The second-order valence-corrected chi connectivity index (χ2v) is 4.31. The summed E-state index contributed by atoms with van der Waals surface area (Å²) in [6, 6.07) is 0. The number of halogens is 4. The number of likely N-dealkylation sites (tertiary alicyclic amines) is 1. The number of hydrogen-bond acceptors (Lipinski definition) is 2. The molecule has 0 N–H and O–H groups in total. The third-order valence-corrected chi connectivity index (χ3v) is 3.02. The highest BCUT2D eigenvalue weighted by Crippen LogP contribution is 2.40. The van der Waals surface area contributed by atoms with Crippen LogP contribution in [0.2, 0.25) is 0 Å². The monoisotopic (exact) mass is 273 g/mol. The smallest absolute Gasteiger partial charge is 0.364 e. The van der Waals surface area contributed by atoms with Crippen molar-refractivity contribution in [3.63, 3.8) is 0 Å². The van der Waals surface area contributed by atoms with Crippen LogP contribution < -0.4 is 0 Å². The van der Waals surface area contributed by atoms with Crippen LogP contribution in [0.4, 0.5) is 13.2 Å². The van der Waals surface area contributed by atoms with Crippen LogP contribution in [0.15, 0.2) is 0 Å². The van der Waals surface area contributed by atoms with Gasteiger partial charge in [-0.25, -0.2) is 0 Å². The zero-order chi connectivity index (χ0) is 13.1. The summed E-state index contributed by atoms with van der Waals surface area (Å²) < 4.78 is 43.7. The molecule has 1 heterocycles. The fourth-order valence-electron chi connectivity index (χ4n) is 1.94. The lowest BCUT2D eigenvalue weighted by molar-refractivity contribution is -0.270. The number of alkyl halides is 4. The van der Waals surface area contributed by atoms with Gasteiger partial charge in [-0.1, -0.05) is 0 Å². The number of amides is 1. The quantitative estimate of drug-likeness (QED) is 0.735. The summed E-state index contributed by atoms with van der Waals surface area (Å²) in [6.07, 6.45) is -4.61. The molecule has 0 saturated carbocycles. The molecule has 0 aromatic heterocycles. The molecule has 1 saturated heterocycles. The first-order valence-electron chi connectivity index (χ1n) is 5.40. The molecule has 1 amide bonds. The molecular weight excluding hydrogens is 259 g/mol. The van der Waals surface area contributed by atoms with Crippen molar-refractivity contribution >= 4 is 17.5 Å². The van der Waals surface area contributed by atoms with Gasteiger partial charge in [-0.2, -0.15) is 13.2 Å². The molecule has 1 aliphatic heterocycles. The molecule has 1 aliphatic rings. The highest BCUT2D eigenvalue weighted by Gasteiger charge is 2.59. The molecule has 0 aromatic rings. The largest absolute Gasteiger partial charge is 0.419 e. The van der Waals surface area contributed by atoms with Crippen LogP contribution >= 0.6 is 11.6 Å². The Morgan fingerprint density at radius 1 is 1.53 bits per heavy atom. The van der Waals surface area contributed by atoms with E-state index in [-0.39, 0.29) is 37.8 Å². The first-order valence-corrected chi connectivity index (χ1v) is 5.94. The van der Waals surface area contributed by atoms with Crippen LogP contribution in [0.1, 0.15) is 19.8 Å². The van der Waals surface area contributed by atoms with E-state index in [1.807, 2.05) is 0 Å². The molecule has 7 heteroatoms. The van der Waals surface area contributed by atoms with Crippen molar-refractivity contribution in [2.75, 3.05) is 25.6 Å². The maximum atomic E-state index is 12.9. The maximum absolute atomic E-state index is 12.9. The third-order valence-electron chi connectivity index (χ3n) is 2.83. The lowest BCUT2D eigenvalue weighted by Gasteiger charge is -2.31. The van der Waals surface area contributed by atoms with E-state index in [1.165, 1.54) is 11.8 Å². The number of nitrogens with zero attached hydrogens (tertiary/aromatic N) is 1. The minimum Gasteiger partial charge on any atom is -0.364 e. The van der Waals surface area contributed by atoms with E-state index in [1.54, 1.807) is 0 Å². The van der Waals surface area contributed by atoms with E-state index >= 15 is 0 Å². The summed E-state index contributed by atoms with van der Waals surface area (Å²) in [5.74, 6) is -0.242. The van der Waals surface area contributed by atoms with Crippen molar-refractivity contribution in [3.05, 3.63) is 0 Å². The summed E-state index contributed by atoms with van der Waals surface area (Å²) in [7, 11) is 0. The Hall–Kier alpha value is -0.490. The van der Waals surface area contributed by atoms with Crippen LogP contribution in [0.5, 0.6) is 0 Å². The van der Waals surface area contributed by atoms with Gasteiger partial charge in [-0.05, 0) is 6.92 Å². The Bertz CT molecular complexity index is 285. The minimum atomic E-state index is -4.46. The molecular formula is C10H15ClF3NO2. The van der Waals surface area contributed by atoms with E-state index in [0.29, 0.717) is 0 Å². The standard InChI is InChI=1S/C10H15ClF3NO2/c1-2-17-9(10(12,13)14)4-6-15(7-9)8(16)3-5-11/h2-7H2,1H3/t9-/m0/s1. The molecule has 3 nitrogen and oxygen atoms in total. The normalized spacial score (nSPS) is 25.4. The summed E-state index contributed by atoms with van der Waals surface area (Å²) in [4.78, 5) is 12.7. The van der Waals surface area contributed by atoms with Crippen LogP contribution in [-0.4, -0.2) is 48.2 Å². The number of carbonyl (C=O) groups excluding carboxylic acids is 1. The molecule has 0 unspecified atom stereocenters. The predicted molar refractivity (Wildman–Crippen MR) is 56.9 cm³/mol. The zero-order valence-electron chi connectivity index (χ0n) is 9.52. The molecule has 1 atom stereocenters. The van der Waals surface area contributed by atoms with Crippen molar-refractivity contribution in [2.45, 2.75) is 31.5 Å². The van der Waals surface area contributed by atoms with Gasteiger partial charge in [0.25, 0.3) is 0 Å². The third kappa shape index (κ3) is 3.04. The first-order chi connectivity index (χ1) is 7.86. The second-order valence-electron chi connectivity index (χ2n) is 3.93. The Kier molecular flexibility index (Phi) is 4.66. The van der Waals surface area contributed by atoms with Gasteiger partial charge in [0.2, 0.25) is 5.91 Å². The molecule has 17 heavy (non-hydrogen) atoms. The molecule has 0 radical (unpaired) electrons. The molecule has 1 fully saturated rings. The Labute approximate surface area is 103 Å². The average Bonchev–Trinajstić information content (AvgIpc) is 2.63. The van der Waals surface area contributed by atoms with Crippen LogP contribution in [0.25, 0.3) is 0 Å². The Morgan fingerprint density at radius 2 is 2.18 bits per heavy atom. The molecule has 0 aromatic carbocycles. The van der Waals surface area contributed by atoms with Gasteiger partial charge >= 0.3 is 6.18 Å². The summed E-state index contributed by atoms with van der Waals surface area (Å²) in [5.41, 5.74) is -2.20. The van der Waals surface area contributed by atoms with Crippen molar-refractivity contribution in [1.29, 1.82) is 0 Å². The number of hydrogen-bond donors (Lipinski definition) is 0. The van der Waals surface area contributed by atoms with Gasteiger partial charge in [-0.15, -0.1) is 11.6 Å². The highest BCUT2D eigenvalue weighted by molar-refractivity contribution is 6.18. The first kappa shape index (κ1) is 14.6. The fraction of sp³-hybridized carbons (Fsp3) is 0.900.